The third-order valence-electron chi connectivity index (χ3n) is 4.67. The van der Waals surface area contributed by atoms with Gasteiger partial charge in [-0.15, -0.1) is 0 Å². The van der Waals surface area contributed by atoms with Crippen LogP contribution in [-0.4, -0.2) is 27.6 Å². The summed E-state index contributed by atoms with van der Waals surface area (Å²) in [4.78, 5) is 20.4. The number of rotatable bonds is 7. The summed E-state index contributed by atoms with van der Waals surface area (Å²) in [6.45, 7) is 0.725. The van der Waals surface area contributed by atoms with Crippen LogP contribution in [0.15, 0.2) is 59.4 Å². The van der Waals surface area contributed by atoms with Crippen molar-refractivity contribution in [1.29, 1.82) is 0 Å². The topological polar surface area (TPSA) is 80.9 Å². The molecule has 0 bridgehead atoms. The second-order valence-corrected chi connectivity index (χ2v) is 6.57. The van der Waals surface area contributed by atoms with E-state index in [1.54, 1.807) is 12.4 Å². The fraction of sp³-hybridized carbons (Fsp3) is 0.300. The van der Waals surface area contributed by atoms with Crippen LogP contribution in [0.1, 0.15) is 30.2 Å². The Balaban J connectivity index is 1.21. The Kier molecular flexibility index (Phi) is 4.73. The van der Waals surface area contributed by atoms with Crippen molar-refractivity contribution in [2.24, 2.45) is 5.92 Å². The number of carbonyl (C=O) groups is 1. The molecule has 26 heavy (non-hydrogen) atoms. The molecule has 2 heterocycles. The summed E-state index contributed by atoms with van der Waals surface area (Å²) in [6, 6.07) is 14.1. The number of pyridine rings is 1. The van der Waals surface area contributed by atoms with E-state index in [4.69, 9.17) is 4.52 Å². The van der Waals surface area contributed by atoms with Gasteiger partial charge in [-0.25, -0.2) is 0 Å². The summed E-state index contributed by atoms with van der Waals surface area (Å²) in [5, 5.41) is 6.95. The predicted molar refractivity (Wildman–Crippen MR) is 96.1 cm³/mol. The van der Waals surface area contributed by atoms with Crippen molar-refractivity contribution in [1.82, 2.24) is 20.4 Å². The number of hydrogen-bond acceptors (Lipinski definition) is 5. The molecule has 0 unspecified atom stereocenters. The Bertz CT molecular complexity index is 864. The molecule has 6 nitrogen and oxygen atoms in total. The Labute approximate surface area is 151 Å². The van der Waals surface area contributed by atoms with E-state index in [1.165, 1.54) is 5.56 Å². The number of hydrogen-bond donors (Lipinski definition) is 1. The molecule has 2 aromatic heterocycles. The molecule has 1 saturated carbocycles. The lowest BCUT2D eigenvalue weighted by molar-refractivity contribution is -0.121. The van der Waals surface area contributed by atoms with Gasteiger partial charge in [-0.3, -0.25) is 9.78 Å². The highest BCUT2D eigenvalue weighted by Gasteiger charge is 2.37. The van der Waals surface area contributed by atoms with Crippen molar-refractivity contribution < 1.29 is 9.32 Å². The molecule has 0 radical (unpaired) electrons. The highest BCUT2D eigenvalue weighted by molar-refractivity contribution is 5.76. The highest BCUT2D eigenvalue weighted by atomic mass is 16.5. The van der Waals surface area contributed by atoms with Crippen LogP contribution in [0, 0.1) is 5.92 Å². The molecular weight excluding hydrogens is 328 g/mol. The smallest absolute Gasteiger partial charge is 0.227 e. The lowest BCUT2D eigenvalue weighted by atomic mass is 10.1. The summed E-state index contributed by atoms with van der Waals surface area (Å²) >= 11 is 0. The van der Waals surface area contributed by atoms with E-state index in [9.17, 15) is 4.79 Å². The number of aryl methyl sites for hydroxylation is 1. The van der Waals surface area contributed by atoms with Gasteiger partial charge in [0, 0.05) is 37.3 Å². The summed E-state index contributed by atoms with van der Waals surface area (Å²) in [7, 11) is 0. The minimum Gasteiger partial charge on any atom is -0.356 e. The fourth-order valence-electron chi connectivity index (χ4n) is 3.10. The van der Waals surface area contributed by atoms with Crippen LogP contribution in [0.5, 0.6) is 0 Å². The first-order valence-electron chi connectivity index (χ1n) is 8.84. The Morgan fingerprint density at radius 2 is 2.08 bits per heavy atom. The maximum absolute atomic E-state index is 12.1. The van der Waals surface area contributed by atoms with Gasteiger partial charge in [-0.05, 0) is 36.0 Å². The van der Waals surface area contributed by atoms with E-state index in [1.807, 2.05) is 18.2 Å². The molecule has 0 saturated heterocycles. The van der Waals surface area contributed by atoms with Crippen molar-refractivity contribution in [2.45, 2.75) is 25.2 Å². The van der Waals surface area contributed by atoms with E-state index in [0.29, 0.717) is 36.4 Å². The number of amides is 1. The number of benzene rings is 1. The minimum atomic E-state index is 0.0184. The van der Waals surface area contributed by atoms with Crippen molar-refractivity contribution in [3.8, 4) is 11.4 Å². The van der Waals surface area contributed by atoms with Gasteiger partial charge in [0.15, 0.2) is 0 Å². The van der Waals surface area contributed by atoms with Gasteiger partial charge in [-0.1, -0.05) is 35.5 Å². The van der Waals surface area contributed by atoms with E-state index in [-0.39, 0.29) is 5.91 Å². The molecule has 1 aromatic carbocycles. The van der Waals surface area contributed by atoms with Crippen LogP contribution in [0.2, 0.25) is 0 Å². The molecule has 1 amide bonds. The molecule has 132 valence electrons. The van der Waals surface area contributed by atoms with Gasteiger partial charge in [-0.2, -0.15) is 4.98 Å². The zero-order valence-electron chi connectivity index (χ0n) is 14.3. The van der Waals surface area contributed by atoms with Gasteiger partial charge in [0.05, 0.1) is 0 Å². The third kappa shape index (κ3) is 3.96. The van der Waals surface area contributed by atoms with Crippen LogP contribution in [0.3, 0.4) is 0 Å². The highest BCUT2D eigenvalue weighted by Crippen LogP contribution is 2.46. The molecule has 4 rings (SSSR count). The first-order valence-corrected chi connectivity index (χ1v) is 8.84. The minimum absolute atomic E-state index is 0.0184. The van der Waals surface area contributed by atoms with E-state index in [0.717, 1.165) is 18.5 Å². The molecular formula is C20H20N4O2. The summed E-state index contributed by atoms with van der Waals surface area (Å²) in [5.74, 6) is 2.10. The van der Waals surface area contributed by atoms with Crippen molar-refractivity contribution >= 4 is 5.91 Å². The quantitative estimate of drug-likeness (QED) is 0.710. The number of aromatic nitrogens is 3. The van der Waals surface area contributed by atoms with Crippen LogP contribution in [0.25, 0.3) is 11.4 Å². The van der Waals surface area contributed by atoms with Crippen molar-refractivity contribution in [2.75, 3.05) is 6.54 Å². The third-order valence-corrected chi connectivity index (χ3v) is 4.67. The molecule has 1 N–H and O–H groups in total. The normalized spacial score (nSPS) is 18.5. The SMILES string of the molecule is O=C(CCc1nc(-c2cccnc2)no1)NC[C@H]1C[C@@H]1c1ccccc1. The van der Waals surface area contributed by atoms with E-state index < -0.39 is 0 Å². The number of carbonyl (C=O) groups excluding carboxylic acids is 1. The maximum Gasteiger partial charge on any atom is 0.227 e. The molecule has 1 aliphatic rings. The molecule has 6 heteroatoms. The molecule has 0 aliphatic heterocycles. The summed E-state index contributed by atoms with van der Waals surface area (Å²) < 4.78 is 5.21. The summed E-state index contributed by atoms with van der Waals surface area (Å²) in [5.41, 5.74) is 2.16. The number of nitrogens with one attached hydrogen (secondary N) is 1. The van der Waals surface area contributed by atoms with Crippen molar-refractivity contribution in [3.05, 3.63) is 66.3 Å². The van der Waals surface area contributed by atoms with Gasteiger partial charge < -0.3 is 9.84 Å². The van der Waals surface area contributed by atoms with E-state index in [2.05, 4.69) is 44.7 Å². The molecule has 1 aliphatic carbocycles. The first-order chi connectivity index (χ1) is 12.8. The Morgan fingerprint density at radius 3 is 2.88 bits per heavy atom. The van der Waals surface area contributed by atoms with Gasteiger partial charge in [0.25, 0.3) is 0 Å². The number of nitrogens with zero attached hydrogens (tertiary/aromatic N) is 3. The van der Waals surface area contributed by atoms with Crippen LogP contribution < -0.4 is 5.32 Å². The molecule has 0 spiro atoms. The van der Waals surface area contributed by atoms with Crippen LogP contribution >= 0.6 is 0 Å². The molecule has 2 atom stereocenters. The standard InChI is InChI=1S/C20H20N4O2/c25-18(22-13-16-11-17(16)14-5-2-1-3-6-14)8-9-19-23-20(24-26-19)15-7-4-10-21-12-15/h1-7,10,12,16-17H,8-9,11,13H2,(H,22,25)/t16-,17-/m1/s1. The predicted octanol–water partition coefficient (Wildman–Crippen LogP) is 2.98. The van der Waals surface area contributed by atoms with E-state index >= 15 is 0 Å². The fourth-order valence-corrected chi connectivity index (χ4v) is 3.10. The average Bonchev–Trinajstić information content (AvgIpc) is 3.33. The van der Waals surface area contributed by atoms with Gasteiger partial charge in [0.2, 0.25) is 17.6 Å². The molecule has 3 aromatic rings. The van der Waals surface area contributed by atoms with Gasteiger partial charge in [0.1, 0.15) is 0 Å². The van der Waals surface area contributed by atoms with Crippen molar-refractivity contribution in [3.63, 3.8) is 0 Å². The lowest BCUT2D eigenvalue weighted by Gasteiger charge is -2.04. The lowest BCUT2D eigenvalue weighted by Crippen LogP contribution is -2.26. The Hall–Kier alpha value is -3.02. The zero-order chi connectivity index (χ0) is 17.8. The monoisotopic (exact) mass is 348 g/mol. The largest absolute Gasteiger partial charge is 0.356 e. The first kappa shape index (κ1) is 16.4. The summed E-state index contributed by atoms with van der Waals surface area (Å²) in [6.07, 6.45) is 5.29. The second-order valence-electron chi connectivity index (χ2n) is 6.57. The maximum atomic E-state index is 12.1. The zero-order valence-corrected chi connectivity index (χ0v) is 14.3. The van der Waals surface area contributed by atoms with Crippen LogP contribution in [0.4, 0.5) is 0 Å². The second kappa shape index (κ2) is 7.47. The van der Waals surface area contributed by atoms with Gasteiger partial charge >= 0.3 is 0 Å². The van der Waals surface area contributed by atoms with Crippen LogP contribution in [-0.2, 0) is 11.2 Å². The molecule has 1 fully saturated rings. The Morgan fingerprint density at radius 1 is 1.19 bits per heavy atom. The average molecular weight is 348 g/mol.